The second kappa shape index (κ2) is 4.70. The molecule has 0 aromatic carbocycles. The Kier molecular flexibility index (Phi) is 2.96. The monoisotopic (exact) mass is 326 g/mol. The van der Waals surface area contributed by atoms with Crippen molar-refractivity contribution < 1.29 is 14.6 Å². The van der Waals surface area contributed by atoms with Crippen LogP contribution in [-0.4, -0.2) is 29.7 Å². The number of hydrogen-bond acceptors (Lipinski definition) is 3. The molecule has 2 saturated carbocycles. The Morgan fingerprint density at radius 1 is 1.25 bits per heavy atom. The number of fused-ring (bicyclic) bond motifs is 5. The topological polar surface area (TPSA) is 49.8 Å². The molecule has 0 spiro atoms. The second-order valence-corrected chi connectivity index (χ2v) is 9.00. The molecule has 0 aromatic rings. The summed E-state index contributed by atoms with van der Waals surface area (Å²) in [4.78, 5) is 11.8. The summed E-state index contributed by atoms with van der Waals surface area (Å²) in [6, 6.07) is 0. The normalized spacial score (nSPS) is 54.8. The number of carbonyl (C=O) groups is 1. The first-order valence-electron chi connectivity index (χ1n) is 9.36. The molecular weight excluding hydrogens is 300 g/mol. The van der Waals surface area contributed by atoms with Crippen LogP contribution >= 0.6 is 0 Å². The molecule has 0 radical (unpaired) electrons. The first kappa shape index (κ1) is 15.1. The number of epoxide rings is 1. The lowest BCUT2D eigenvalue weighted by Gasteiger charge is -2.58. The van der Waals surface area contributed by atoms with E-state index >= 15 is 0 Å². The number of aliphatic hydroxyl groups excluding tert-OH is 1. The Balaban J connectivity index is 1.54. The molecule has 0 amide bonds. The first-order valence-corrected chi connectivity index (χ1v) is 9.36. The maximum atomic E-state index is 11.8. The Morgan fingerprint density at radius 2 is 2.00 bits per heavy atom. The molecule has 8 atom stereocenters. The maximum Gasteiger partial charge on any atom is 0.178 e. The molecule has 1 aliphatic heterocycles. The van der Waals surface area contributed by atoms with Gasteiger partial charge in [0.25, 0.3) is 0 Å². The van der Waals surface area contributed by atoms with Gasteiger partial charge in [0.05, 0.1) is 18.8 Å². The lowest BCUT2D eigenvalue weighted by atomic mass is 9.46. The molecule has 0 bridgehead atoms. The van der Waals surface area contributed by atoms with Gasteiger partial charge < -0.3 is 9.84 Å². The Morgan fingerprint density at radius 3 is 2.75 bits per heavy atom. The van der Waals surface area contributed by atoms with Crippen molar-refractivity contribution in [3.63, 3.8) is 0 Å². The summed E-state index contributed by atoms with van der Waals surface area (Å²) in [5, 5.41) is 11.2. The summed E-state index contributed by atoms with van der Waals surface area (Å²) in [5.41, 5.74) is 1.18. The van der Waals surface area contributed by atoms with E-state index in [1.165, 1.54) is 5.57 Å². The molecular formula is C21H26O3. The van der Waals surface area contributed by atoms with Gasteiger partial charge in [-0.2, -0.15) is 0 Å². The third-order valence-corrected chi connectivity index (χ3v) is 7.84. The zero-order chi connectivity index (χ0) is 16.7. The van der Waals surface area contributed by atoms with Gasteiger partial charge in [-0.25, -0.2) is 0 Å². The molecule has 4 aliphatic carbocycles. The number of ether oxygens (including phenoxy) is 1. The largest absolute Gasteiger partial charge is 0.393 e. The van der Waals surface area contributed by atoms with Crippen molar-refractivity contribution in [1.29, 1.82) is 0 Å². The Labute approximate surface area is 143 Å². The van der Waals surface area contributed by atoms with Gasteiger partial charge in [-0.3, -0.25) is 4.79 Å². The third-order valence-electron chi connectivity index (χ3n) is 7.84. The van der Waals surface area contributed by atoms with E-state index in [9.17, 15) is 9.90 Å². The molecule has 3 fully saturated rings. The van der Waals surface area contributed by atoms with Crippen LogP contribution in [0.5, 0.6) is 0 Å². The highest BCUT2D eigenvalue weighted by Gasteiger charge is 2.62. The molecule has 1 saturated heterocycles. The lowest BCUT2D eigenvalue weighted by molar-refractivity contribution is -0.115. The average Bonchev–Trinajstić information content (AvgIpc) is 3.30. The predicted molar refractivity (Wildman–Crippen MR) is 91.1 cm³/mol. The Hall–Kier alpha value is -1.19. The van der Waals surface area contributed by atoms with Crippen molar-refractivity contribution in [1.82, 2.24) is 0 Å². The van der Waals surface area contributed by atoms with Crippen LogP contribution in [0.25, 0.3) is 0 Å². The van der Waals surface area contributed by atoms with E-state index in [2.05, 4.69) is 32.1 Å². The smallest absolute Gasteiger partial charge is 0.178 e. The van der Waals surface area contributed by atoms with Crippen LogP contribution in [0.15, 0.2) is 36.0 Å². The highest BCUT2D eigenvalue weighted by molar-refractivity contribution is 6.01. The average molecular weight is 326 g/mol. The van der Waals surface area contributed by atoms with Crippen LogP contribution in [0.3, 0.4) is 0 Å². The van der Waals surface area contributed by atoms with Crippen molar-refractivity contribution in [2.45, 2.75) is 45.3 Å². The fourth-order valence-corrected chi connectivity index (χ4v) is 6.63. The highest BCUT2D eigenvalue weighted by atomic mass is 16.6. The van der Waals surface area contributed by atoms with Crippen LogP contribution in [0, 0.1) is 34.5 Å². The minimum absolute atomic E-state index is 0.0998. The van der Waals surface area contributed by atoms with Gasteiger partial charge in [0, 0.05) is 17.3 Å². The van der Waals surface area contributed by atoms with E-state index in [-0.39, 0.29) is 28.6 Å². The maximum absolute atomic E-state index is 11.8. The summed E-state index contributed by atoms with van der Waals surface area (Å²) in [6.45, 7) is 5.46. The number of carbonyl (C=O) groups excluding carboxylic acids is 1. The summed E-state index contributed by atoms with van der Waals surface area (Å²) in [5.74, 6) is 1.76. The van der Waals surface area contributed by atoms with Crippen molar-refractivity contribution in [2.24, 2.45) is 34.5 Å². The highest BCUT2D eigenvalue weighted by Crippen LogP contribution is 2.65. The molecule has 128 valence electrons. The number of rotatable bonds is 1. The molecule has 1 heterocycles. The van der Waals surface area contributed by atoms with Gasteiger partial charge in [0.15, 0.2) is 5.78 Å². The Bertz CT molecular complexity index is 685. The van der Waals surface area contributed by atoms with Crippen molar-refractivity contribution in [3.8, 4) is 0 Å². The fraction of sp³-hybridized carbons (Fsp3) is 0.667. The van der Waals surface area contributed by atoms with Crippen LogP contribution < -0.4 is 0 Å². The molecule has 5 rings (SSSR count). The number of allylic oxidation sites excluding steroid dienone is 5. The van der Waals surface area contributed by atoms with Gasteiger partial charge >= 0.3 is 0 Å². The van der Waals surface area contributed by atoms with E-state index in [0.29, 0.717) is 23.9 Å². The zero-order valence-electron chi connectivity index (χ0n) is 14.4. The molecule has 24 heavy (non-hydrogen) atoms. The second-order valence-electron chi connectivity index (χ2n) is 9.00. The predicted octanol–water partition coefficient (Wildman–Crippen LogP) is 3.06. The number of aliphatic hydroxyl groups is 1. The van der Waals surface area contributed by atoms with E-state index in [0.717, 1.165) is 25.9 Å². The summed E-state index contributed by atoms with van der Waals surface area (Å²) >= 11 is 0. The van der Waals surface area contributed by atoms with E-state index in [1.54, 1.807) is 6.08 Å². The fourth-order valence-electron chi connectivity index (χ4n) is 6.63. The molecule has 8 unspecified atom stereocenters. The van der Waals surface area contributed by atoms with Gasteiger partial charge in [0.1, 0.15) is 0 Å². The molecule has 3 heteroatoms. The quantitative estimate of drug-likeness (QED) is 0.595. The zero-order valence-corrected chi connectivity index (χ0v) is 14.4. The number of ketones is 1. The number of hydrogen-bond donors (Lipinski definition) is 1. The van der Waals surface area contributed by atoms with Gasteiger partial charge in [-0.15, -0.1) is 0 Å². The van der Waals surface area contributed by atoms with Gasteiger partial charge in [-0.1, -0.05) is 37.6 Å². The molecule has 0 aromatic heterocycles. The van der Waals surface area contributed by atoms with Crippen LogP contribution in [-0.2, 0) is 9.53 Å². The van der Waals surface area contributed by atoms with Gasteiger partial charge in [-0.05, 0) is 48.7 Å². The van der Waals surface area contributed by atoms with Crippen LogP contribution in [0.1, 0.15) is 33.1 Å². The summed E-state index contributed by atoms with van der Waals surface area (Å²) in [7, 11) is 0. The van der Waals surface area contributed by atoms with Crippen molar-refractivity contribution in [2.75, 3.05) is 6.61 Å². The minimum Gasteiger partial charge on any atom is -0.393 e. The van der Waals surface area contributed by atoms with E-state index in [1.807, 2.05) is 6.08 Å². The van der Waals surface area contributed by atoms with Crippen LogP contribution in [0.4, 0.5) is 0 Å². The summed E-state index contributed by atoms with van der Waals surface area (Å²) in [6.07, 6.45) is 13.3. The summed E-state index contributed by atoms with van der Waals surface area (Å²) < 4.78 is 5.60. The van der Waals surface area contributed by atoms with Crippen molar-refractivity contribution >= 4 is 5.78 Å². The molecule has 5 aliphatic rings. The first-order chi connectivity index (χ1) is 11.4. The minimum atomic E-state index is -0.316. The van der Waals surface area contributed by atoms with E-state index < -0.39 is 0 Å². The van der Waals surface area contributed by atoms with Crippen LogP contribution in [0.2, 0.25) is 0 Å². The van der Waals surface area contributed by atoms with Crippen molar-refractivity contribution in [3.05, 3.63) is 36.0 Å². The molecule has 3 nitrogen and oxygen atoms in total. The third kappa shape index (κ3) is 1.83. The standard InChI is InChI=1S/C21H26O3/c1-20-8-7-13(22)9-12(20)3-4-14-15-5-6-16(18-11-24-18)21(15,2)10-17(23)19(14)20/h5-9,14-19,23H,3-4,10-11H2,1-2H3. The van der Waals surface area contributed by atoms with E-state index in [4.69, 9.17) is 4.74 Å². The van der Waals surface area contributed by atoms with Gasteiger partial charge in [0.2, 0.25) is 0 Å². The molecule has 1 N–H and O–H groups in total. The lowest BCUT2D eigenvalue weighted by Crippen LogP contribution is -2.56. The SMILES string of the molecule is CC12C=CC(=O)C=C1CCC1C2C(O)CC2(C)C(C3CO3)C=CC12.